The number of aromatic nitrogens is 2. The smallest absolute Gasteiger partial charge is 0.299 e. The Hall–Kier alpha value is -3.28. The highest BCUT2D eigenvalue weighted by Gasteiger charge is 2.10. The number of carbonyl (C=O) groups excluding carboxylic acids is 1. The second-order valence-electron chi connectivity index (χ2n) is 6.35. The number of nitrogens with zero attached hydrogens (tertiary/aromatic N) is 3. The molecule has 28 heavy (non-hydrogen) atoms. The summed E-state index contributed by atoms with van der Waals surface area (Å²) in [6.45, 7) is 16.7. The minimum absolute atomic E-state index is 0. The lowest BCUT2D eigenvalue weighted by Crippen LogP contribution is -2.26. The summed E-state index contributed by atoms with van der Waals surface area (Å²) in [7, 11) is 0. The van der Waals surface area contributed by atoms with Gasteiger partial charge in [0.1, 0.15) is 5.84 Å². The van der Waals surface area contributed by atoms with E-state index in [4.69, 9.17) is 5.73 Å². The zero-order chi connectivity index (χ0) is 21.7. The van der Waals surface area contributed by atoms with Gasteiger partial charge in [0.2, 0.25) is 0 Å². The van der Waals surface area contributed by atoms with Crippen LogP contribution in [0.3, 0.4) is 0 Å². The quantitative estimate of drug-likeness (QED) is 0.447. The fourth-order valence-corrected chi connectivity index (χ4v) is 1.68. The molecule has 0 aliphatic carbocycles. The summed E-state index contributed by atoms with van der Waals surface area (Å²) in [5.74, 6) is -0.537. The van der Waals surface area contributed by atoms with Gasteiger partial charge >= 0.3 is 0 Å². The molecule has 1 heterocycles. The highest BCUT2D eigenvalue weighted by Crippen LogP contribution is 2.00. The molecule has 2 N–H and O–H groups in total. The van der Waals surface area contributed by atoms with Gasteiger partial charge in [0.15, 0.2) is 5.69 Å². The molecule has 0 radical (unpaired) electrons. The van der Waals surface area contributed by atoms with Crippen molar-refractivity contribution in [1.82, 2.24) is 9.78 Å². The van der Waals surface area contributed by atoms with Gasteiger partial charge in [0.05, 0.1) is 6.04 Å². The first-order chi connectivity index (χ1) is 13.1. The number of hydrogen-bond donors (Lipinski definition) is 1. The average molecular weight is 385 g/mol. The van der Waals surface area contributed by atoms with E-state index in [2.05, 4.69) is 23.2 Å². The van der Waals surface area contributed by atoms with E-state index in [0.717, 1.165) is 11.1 Å². The summed E-state index contributed by atoms with van der Waals surface area (Å²) in [5.41, 5.74) is 7.28. The maximum Gasteiger partial charge on any atom is 0.299 e. The molecule has 0 saturated heterocycles. The van der Waals surface area contributed by atoms with Crippen LogP contribution in [0.2, 0.25) is 0 Å². The monoisotopic (exact) mass is 384 g/mol. The van der Waals surface area contributed by atoms with Gasteiger partial charge in [-0.25, -0.2) is 4.68 Å². The summed E-state index contributed by atoms with van der Waals surface area (Å²) in [5, 5.41) is 3.97. The Labute approximate surface area is 168 Å². The molecule has 0 aromatic carbocycles. The number of carbonyl (C=O) groups is 1. The van der Waals surface area contributed by atoms with Crippen molar-refractivity contribution in [3.63, 3.8) is 0 Å². The maximum absolute atomic E-state index is 11.9. The van der Waals surface area contributed by atoms with Crippen molar-refractivity contribution in [3.8, 4) is 0 Å². The Morgan fingerprint density at radius 2 is 1.79 bits per heavy atom. The molecule has 1 rings (SSSR count). The number of aliphatic imine (C=N–C) groups is 1. The maximum atomic E-state index is 11.9. The van der Waals surface area contributed by atoms with E-state index in [-0.39, 0.29) is 24.6 Å². The number of amidine groups is 1. The fraction of sp³-hybridized carbons (Fsp3) is 0.273. The van der Waals surface area contributed by atoms with E-state index >= 15 is 0 Å². The van der Waals surface area contributed by atoms with Gasteiger partial charge in [-0.1, -0.05) is 54.7 Å². The SMILES string of the molecule is C=C(C)/C=C\C(N)=NC(=O)c1ccc(=O)n(C(C)C)n1.C=C(C)/C=C\C=C/C.[HH]. The van der Waals surface area contributed by atoms with Crippen LogP contribution >= 0.6 is 0 Å². The van der Waals surface area contributed by atoms with Crippen molar-refractivity contribution in [1.29, 1.82) is 0 Å². The molecule has 6 heteroatoms. The van der Waals surface area contributed by atoms with Gasteiger partial charge in [-0.15, -0.1) is 0 Å². The number of allylic oxidation sites excluding steroid dienone is 7. The minimum atomic E-state index is -0.594. The van der Waals surface area contributed by atoms with Gasteiger partial charge in [-0.3, -0.25) is 9.59 Å². The summed E-state index contributed by atoms with van der Waals surface area (Å²) >= 11 is 0. The Morgan fingerprint density at radius 3 is 2.29 bits per heavy atom. The molecular weight excluding hydrogens is 352 g/mol. The van der Waals surface area contributed by atoms with Crippen molar-refractivity contribution in [2.45, 2.75) is 40.7 Å². The number of amides is 1. The summed E-state index contributed by atoms with van der Waals surface area (Å²) in [6, 6.07) is 2.48. The van der Waals surface area contributed by atoms with Crippen LogP contribution in [-0.4, -0.2) is 21.5 Å². The summed E-state index contributed by atoms with van der Waals surface area (Å²) < 4.78 is 1.22. The summed E-state index contributed by atoms with van der Waals surface area (Å²) in [4.78, 5) is 27.1. The molecule has 0 bridgehead atoms. The molecule has 0 atom stereocenters. The third-order valence-electron chi connectivity index (χ3n) is 2.99. The van der Waals surface area contributed by atoms with E-state index < -0.39 is 5.91 Å². The molecule has 1 aromatic rings. The van der Waals surface area contributed by atoms with Gasteiger partial charge in [0, 0.05) is 7.49 Å². The second-order valence-corrected chi connectivity index (χ2v) is 6.35. The number of rotatable bonds is 6. The standard InChI is InChI=1S/C14H18N4O2.C8H12.H2/c1-9(2)5-7-12(15)16-14(20)11-6-8-13(19)18(17-11)10(3)4;1-4-5-6-7-8(2)3;/h5-8,10H,1H2,2-4H3,(H2,15,16,20);4-7H,2H2,1,3H3;1H/b7-5-;5-4-,7-6-;. The van der Waals surface area contributed by atoms with Gasteiger partial charge in [0.25, 0.3) is 11.5 Å². The largest absolute Gasteiger partial charge is 0.384 e. The number of hydrogen-bond acceptors (Lipinski definition) is 3. The fourth-order valence-electron chi connectivity index (χ4n) is 1.68. The molecular formula is C22H32N4O2. The molecule has 0 fully saturated rings. The van der Waals surface area contributed by atoms with Crippen molar-refractivity contribution < 1.29 is 6.22 Å². The van der Waals surface area contributed by atoms with E-state index in [9.17, 15) is 9.59 Å². The van der Waals surface area contributed by atoms with Crippen LogP contribution in [0.15, 0.2) is 82.7 Å². The molecule has 6 nitrogen and oxygen atoms in total. The predicted octanol–water partition coefficient (Wildman–Crippen LogP) is 4.39. The number of nitrogens with two attached hydrogens (primary N) is 1. The van der Waals surface area contributed by atoms with E-state index in [1.54, 1.807) is 26.8 Å². The molecule has 0 unspecified atom stereocenters. The first-order valence-corrected chi connectivity index (χ1v) is 8.85. The molecule has 152 valence electrons. The first-order valence-electron chi connectivity index (χ1n) is 8.85. The van der Waals surface area contributed by atoms with Gasteiger partial charge in [-0.05, 0) is 46.8 Å². The summed E-state index contributed by atoms with van der Waals surface area (Å²) in [6.07, 6.45) is 11.0. The molecule has 0 saturated carbocycles. The molecule has 0 spiro atoms. The predicted molar refractivity (Wildman–Crippen MR) is 120 cm³/mol. The minimum Gasteiger partial charge on any atom is -0.384 e. The van der Waals surface area contributed by atoms with Crippen molar-refractivity contribution in [2.24, 2.45) is 10.7 Å². The van der Waals surface area contributed by atoms with Crippen molar-refractivity contribution in [2.75, 3.05) is 0 Å². The van der Waals surface area contributed by atoms with E-state index in [1.165, 1.54) is 22.9 Å². The van der Waals surface area contributed by atoms with Crippen LogP contribution in [0, 0.1) is 0 Å². The Kier molecular flexibility index (Phi) is 11.5. The average Bonchev–Trinajstić information content (AvgIpc) is 2.60. The second kappa shape index (κ2) is 13.0. The molecule has 1 amide bonds. The van der Waals surface area contributed by atoms with Crippen LogP contribution in [0.25, 0.3) is 0 Å². The molecule has 1 aromatic heterocycles. The van der Waals surface area contributed by atoms with Crippen LogP contribution < -0.4 is 11.3 Å². The van der Waals surface area contributed by atoms with E-state index in [1.807, 2.05) is 38.2 Å². The lowest BCUT2D eigenvalue weighted by molar-refractivity contribution is 0.0995. The third-order valence-corrected chi connectivity index (χ3v) is 2.99. The first kappa shape index (κ1) is 24.7. The lowest BCUT2D eigenvalue weighted by atomic mass is 10.3. The zero-order valence-corrected chi connectivity index (χ0v) is 17.3. The Morgan fingerprint density at radius 1 is 1.18 bits per heavy atom. The van der Waals surface area contributed by atoms with Gasteiger partial charge in [-0.2, -0.15) is 10.1 Å². The molecule has 0 aliphatic rings. The zero-order valence-electron chi connectivity index (χ0n) is 17.3. The normalized spacial score (nSPS) is 11.9. The highest BCUT2D eigenvalue weighted by molar-refractivity contribution is 6.05. The van der Waals surface area contributed by atoms with Crippen molar-refractivity contribution >= 4 is 11.7 Å². The topological polar surface area (TPSA) is 90.3 Å². The van der Waals surface area contributed by atoms with Crippen LogP contribution in [-0.2, 0) is 0 Å². The molecule has 0 aliphatic heterocycles. The van der Waals surface area contributed by atoms with Crippen molar-refractivity contribution in [3.05, 3.63) is 88.9 Å². The lowest BCUT2D eigenvalue weighted by Gasteiger charge is -2.08. The van der Waals surface area contributed by atoms with Crippen LogP contribution in [0.5, 0.6) is 0 Å². The third kappa shape index (κ3) is 10.7. The van der Waals surface area contributed by atoms with E-state index in [0.29, 0.717) is 0 Å². The van der Waals surface area contributed by atoms with Crippen LogP contribution in [0.1, 0.15) is 52.6 Å². The van der Waals surface area contributed by atoms with Crippen LogP contribution in [0.4, 0.5) is 0 Å². The van der Waals surface area contributed by atoms with Gasteiger partial charge < -0.3 is 5.73 Å². The Balaban J connectivity index is 0. The Bertz CT molecular complexity index is 875. The highest BCUT2D eigenvalue weighted by atomic mass is 16.2.